The van der Waals surface area contributed by atoms with E-state index in [0.717, 1.165) is 0 Å². The first-order valence-corrected chi connectivity index (χ1v) is 2.99. The molecule has 1 aromatic carbocycles. The molecule has 0 amide bonds. The molecule has 1 N–H and O–H groups in total. The number of hydrogen-bond acceptors (Lipinski definition) is 1. The largest absolute Gasteiger partial charge is 0.478 e. The Balaban J connectivity index is 3.15. The normalized spacial score (nSPS) is 9.30. The van der Waals surface area contributed by atoms with Gasteiger partial charge in [0.25, 0.3) is 0 Å². The van der Waals surface area contributed by atoms with E-state index in [9.17, 15) is 4.79 Å². The van der Waals surface area contributed by atoms with Crippen molar-refractivity contribution in [3.8, 4) is 0 Å². The van der Waals surface area contributed by atoms with Crippen LogP contribution in [0.3, 0.4) is 0 Å². The molecule has 0 saturated carbocycles. The number of carboxylic acid groups (broad SMARTS) is 1. The van der Waals surface area contributed by atoms with Crippen molar-refractivity contribution in [1.29, 1.82) is 0 Å². The predicted octanol–water partition coefficient (Wildman–Crippen LogP) is 1.84. The van der Waals surface area contributed by atoms with Gasteiger partial charge in [-0.05, 0) is 12.1 Å². The third-order valence-electron chi connectivity index (χ3n) is 1.02. The average Bonchev–Trinajstić information content (AvgIpc) is 1.88. The van der Waals surface area contributed by atoms with E-state index < -0.39 is 5.97 Å². The zero-order chi connectivity index (χ0) is 7.56. The Kier molecular flexibility index (Phi) is 1.92. The Bertz CT molecular complexity index is 258. The first-order valence-electron chi connectivity index (χ1n) is 2.61. The van der Waals surface area contributed by atoms with Crippen LogP contribution in [0.2, 0.25) is 5.02 Å². The van der Waals surface area contributed by atoms with E-state index in [2.05, 4.69) is 6.07 Å². The quantitative estimate of drug-likeness (QED) is 0.672. The van der Waals surface area contributed by atoms with Gasteiger partial charge in [0.15, 0.2) is 0 Å². The molecule has 0 spiro atoms. The third kappa shape index (κ3) is 1.28. The molecule has 2 nitrogen and oxygen atoms in total. The number of aromatic carboxylic acids is 1. The minimum atomic E-state index is -1.05. The maximum atomic E-state index is 10.3. The van der Waals surface area contributed by atoms with Gasteiger partial charge in [0.1, 0.15) is 0 Å². The van der Waals surface area contributed by atoms with Crippen molar-refractivity contribution in [3.05, 3.63) is 34.9 Å². The smallest absolute Gasteiger partial charge is 0.337 e. The molecular formula is C7H4ClO2. The molecule has 1 radical (unpaired) electrons. The molecule has 0 aliphatic rings. The van der Waals surface area contributed by atoms with E-state index in [-0.39, 0.29) is 10.6 Å². The molecule has 0 aromatic heterocycles. The van der Waals surface area contributed by atoms with Crippen molar-refractivity contribution >= 4 is 17.6 Å². The topological polar surface area (TPSA) is 37.3 Å². The summed E-state index contributed by atoms with van der Waals surface area (Å²) in [7, 11) is 0. The maximum Gasteiger partial charge on any atom is 0.337 e. The highest BCUT2D eigenvalue weighted by Gasteiger charge is 2.05. The van der Waals surface area contributed by atoms with Crippen molar-refractivity contribution in [2.75, 3.05) is 0 Å². The van der Waals surface area contributed by atoms with Gasteiger partial charge in [0, 0.05) is 0 Å². The lowest BCUT2D eigenvalue weighted by Gasteiger charge is -1.93. The summed E-state index contributed by atoms with van der Waals surface area (Å²) in [6.45, 7) is 0. The van der Waals surface area contributed by atoms with Gasteiger partial charge in [-0.2, -0.15) is 0 Å². The van der Waals surface area contributed by atoms with E-state index in [0.29, 0.717) is 0 Å². The average molecular weight is 156 g/mol. The minimum Gasteiger partial charge on any atom is -0.478 e. The summed E-state index contributed by atoms with van der Waals surface area (Å²) < 4.78 is 0. The van der Waals surface area contributed by atoms with Gasteiger partial charge in [0.05, 0.1) is 10.6 Å². The lowest BCUT2D eigenvalue weighted by Crippen LogP contribution is -1.96. The van der Waals surface area contributed by atoms with Crippen LogP contribution in [0.4, 0.5) is 0 Å². The second-order valence-electron chi connectivity index (χ2n) is 1.70. The Hall–Kier alpha value is -1.02. The van der Waals surface area contributed by atoms with Crippen LogP contribution >= 0.6 is 11.6 Å². The van der Waals surface area contributed by atoms with Crippen LogP contribution in [-0.2, 0) is 0 Å². The maximum absolute atomic E-state index is 10.3. The lowest BCUT2D eigenvalue weighted by molar-refractivity contribution is 0.0696. The summed E-state index contributed by atoms with van der Waals surface area (Å²) >= 11 is 5.51. The van der Waals surface area contributed by atoms with Crippen LogP contribution in [0, 0.1) is 6.07 Å². The molecule has 51 valence electrons. The molecule has 0 saturated heterocycles. The Morgan fingerprint density at radius 1 is 1.70 bits per heavy atom. The number of halogens is 1. The standard InChI is InChI=1S/C7H4ClO2/c8-6-4-2-1-3-5(6)7(9)10/h1-2,4H,(H,9,10). The molecular weight excluding hydrogens is 152 g/mol. The van der Waals surface area contributed by atoms with Crippen molar-refractivity contribution in [2.45, 2.75) is 0 Å². The molecule has 0 aliphatic heterocycles. The van der Waals surface area contributed by atoms with E-state index in [1.807, 2.05) is 0 Å². The SMILES string of the molecule is O=C(O)c1[c]cccc1Cl. The second-order valence-corrected chi connectivity index (χ2v) is 2.11. The number of rotatable bonds is 1. The number of carbonyl (C=O) groups is 1. The summed E-state index contributed by atoms with van der Waals surface area (Å²) in [4.78, 5) is 10.3. The first kappa shape index (κ1) is 7.09. The Morgan fingerprint density at radius 3 is 2.80 bits per heavy atom. The zero-order valence-corrected chi connectivity index (χ0v) is 5.72. The minimum absolute atomic E-state index is 0.0177. The van der Waals surface area contributed by atoms with E-state index in [4.69, 9.17) is 16.7 Å². The molecule has 0 bridgehead atoms. The van der Waals surface area contributed by atoms with Gasteiger partial charge < -0.3 is 5.11 Å². The van der Waals surface area contributed by atoms with Crippen molar-refractivity contribution in [3.63, 3.8) is 0 Å². The van der Waals surface area contributed by atoms with Crippen molar-refractivity contribution in [2.24, 2.45) is 0 Å². The van der Waals surface area contributed by atoms with Crippen LogP contribution in [0.25, 0.3) is 0 Å². The molecule has 10 heavy (non-hydrogen) atoms. The molecule has 0 fully saturated rings. The summed E-state index contributed by atoms with van der Waals surface area (Å²) in [6.07, 6.45) is 0. The van der Waals surface area contributed by atoms with Gasteiger partial charge in [-0.25, -0.2) is 4.79 Å². The van der Waals surface area contributed by atoms with Gasteiger partial charge in [-0.1, -0.05) is 23.7 Å². The lowest BCUT2D eigenvalue weighted by atomic mass is 10.2. The van der Waals surface area contributed by atoms with Gasteiger partial charge >= 0.3 is 5.97 Å². The number of benzene rings is 1. The first-order chi connectivity index (χ1) is 4.72. The predicted molar refractivity (Wildman–Crippen MR) is 37.2 cm³/mol. The summed E-state index contributed by atoms with van der Waals surface area (Å²) in [5.74, 6) is -1.05. The fourth-order valence-electron chi connectivity index (χ4n) is 0.580. The molecule has 0 atom stereocenters. The van der Waals surface area contributed by atoms with Crippen LogP contribution in [0.5, 0.6) is 0 Å². The number of hydrogen-bond donors (Lipinski definition) is 1. The van der Waals surface area contributed by atoms with E-state index in [1.54, 1.807) is 6.07 Å². The Labute approximate surface area is 63.1 Å². The monoisotopic (exact) mass is 155 g/mol. The molecule has 0 aliphatic carbocycles. The van der Waals surface area contributed by atoms with Crippen LogP contribution in [-0.4, -0.2) is 11.1 Å². The highest BCUT2D eigenvalue weighted by atomic mass is 35.5. The summed E-state index contributed by atoms with van der Waals surface area (Å²) in [6, 6.07) is 7.16. The Morgan fingerprint density at radius 2 is 2.40 bits per heavy atom. The van der Waals surface area contributed by atoms with Gasteiger partial charge in [-0.15, -0.1) is 0 Å². The zero-order valence-electron chi connectivity index (χ0n) is 4.97. The van der Waals surface area contributed by atoms with Crippen molar-refractivity contribution in [1.82, 2.24) is 0 Å². The molecule has 0 unspecified atom stereocenters. The molecule has 1 aromatic rings. The fourth-order valence-corrected chi connectivity index (χ4v) is 0.788. The van der Waals surface area contributed by atoms with E-state index >= 15 is 0 Å². The summed E-state index contributed by atoms with van der Waals surface area (Å²) in [5, 5.41) is 8.67. The van der Waals surface area contributed by atoms with Crippen LogP contribution in [0.15, 0.2) is 18.2 Å². The third-order valence-corrected chi connectivity index (χ3v) is 1.33. The second kappa shape index (κ2) is 2.71. The summed E-state index contributed by atoms with van der Waals surface area (Å²) in [5.41, 5.74) is 0.0177. The number of carboxylic acids is 1. The highest BCUT2D eigenvalue weighted by Crippen LogP contribution is 2.13. The van der Waals surface area contributed by atoms with Crippen LogP contribution < -0.4 is 0 Å². The van der Waals surface area contributed by atoms with Crippen LogP contribution in [0.1, 0.15) is 10.4 Å². The fraction of sp³-hybridized carbons (Fsp3) is 0. The van der Waals surface area contributed by atoms with Crippen molar-refractivity contribution < 1.29 is 9.90 Å². The van der Waals surface area contributed by atoms with E-state index in [1.165, 1.54) is 12.1 Å². The van der Waals surface area contributed by atoms with Gasteiger partial charge in [-0.3, -0.25) is 0 Å². The molecule has 3 heteroatoms. The highest BCUT2D eigenvalue weighted by molar-refractivity contribution is 6.33. The molecule has 1 rings (SSSR count). The molecule has 0 heterocycles. The van der Waals surface area contributed by atoms with Gasteiger partial charge in [0.2, 0.25) is 0 Å².